The van der Waals surface area contributed by atoms with Crippen LogP contribution in [0.4, 0.5) is 4.79 Å². The van der Waals surface area contributed by atoms with Crippen LogP contribution in [0.25, 0.3) is 6.08 Å². The summed E-state index contributed by atoms with van der Waals surface area (Å²) < 4.78 is 5.59. The Hall–Kier alpha value is -2.77. The lowest BCUT2D eigenvalue weighted by atomic mass is 10.1. The summed E-state index contributed by atoms with van der Waals surface area (Å²) in [5.41, 5.74) is 1.20. The van der Waals surface area contributed by atoms with Crippen LogP contribution >= 0.6 is 23.4 Å². The molecule has 0 bridgehead atoms. The Labute approximate surface area is 177 Å². The van der Waals surface area contributed by atoms with Crippen molar-refractivity contribution < 1.29 is 24.2 Å². The van der Waals surface area contributed by atoms with Crippen molar-refractivity contribution in [1.29, 1.82) is 0 Å². The molecular formula is C21H18ClNO5S. The van der Waals surface area contributed by atoms with E-state index in [-0.39, 0.29) is 17.9 Å². The molecule has 1 N–H and O–H groups in total. The summed E-state index contributed by atoms with van der Waals surface area (Å²) in [4.78, 5) is 37.8. The molecule has 1 unspecified atom stereocenters. The van der Waals surface area contributed by atoms with Gasteiger partial charge in [0.2, 0.25) is 0 Å². The first-order chi connectivity index (χ1) is 13.9. The fourth-order valence-electron chi connectivity index (χ4n) is 2.74. The van der Waals surface area contributed by atoms with Crippen molar-refractivity contribution in [3.63, 3.8) is 0 Å². The van der Waals surface area contributed by atoms with Crippen molar-refractivity contribution in [3.8, 4) is 5.75 Å². The molecule has 1 saturated heterocycles. The van der Waals surface area contributed by atoms with Gasteiger partial charge in [-0.15, -0.1) is 0 Å². The monoisotopic (exact) mass is 431 g/mol. The van der Waals surface area contributed by atoms with Crippen molar-refractivity contribution in [2.45, 2.75) is 26.0 Å². The predicted octanol–water partition coefficient (Wildman–Crippen LogP) is 4.82. The van der Waals surface area contributed by atoms with Crippen molar-refractivity contribution in [2.75, 3.05) is 0 Å². The third-order valence-corrected chi connectivity index (χ3v) is 5.56. The fourth-order valence-corrected chi connectivity index (χ4v) is 3.77. The Kier molecular flexibility index (Phi) is 6.61. The maximum atomic E-state index is 12.8. The number of benzene rings is 2. The van der Waals surface area contributed by atoms with Gasteiger partial charge in [0.25, 0.3) is 11.1 Å². The summed E-state index contributed by atoms with van der Waals surface area (Å²) in [5.74, 6) is -1.16. The number of hydrogen-bond acceptors (Lipinski definition) is 5. The lowest BCUT2D eigenvalue weighted by Gasteiger charge is -2.15. The minimum absolute atomic E-state index is 0.0801. The summed E-state index contributed by atoms with van der Waals surface area (Å²) in [6.45, 7) is 1.79. The zero-order valence-corrected chi connectivity index (χ0v) is 17.1. The van der Waals surface area contributed by atoms with E-state index in [2.05, 4.69) is 0 Å². The first kappa shape index (κ1) is 21.0. The van der Waals surface area contributed by atoms with E-state index in [9.17, 15) is 19.5 Å². The summed E-state index contributed by atoms with van der Waals surface area (Å²) in [6.07, 6.45) is 0.833. The first-order valence-corrected chi connectivity index (χ1v) is 10.1. The number of thioether (sulfide) groups is 1. The number of nitrogens with zero attached hydrogens (tertiary/aromatic N) is 1. The van der Waals surface area contributed by atoms with Gasteiger partial charge >= 0.3 is 5.97 Å². The molecular weight excluding hydrogens is 414 g/mol. The van der Waals surface area contributed by atoms with Crippen molar-refractivity contribution in [1.82, 2.24) is 4.90 Å². The maximum absolute atomic E-state index is 12.8. The highest BCUT2D eigenvalue weighted by atomic mass is 35.5. The van der Waals surface area contributed by atoms with Crippen LogP contribution in [0.2, 0.25) is 5.02 Å². The quantitative estimate of drug-likeness (QED) is 0.633. The molecule has 6 nitrogen and oxygen atoms in total. The summed E-state index contributed by atoms with van der Waals surface area (Å²) in [5, 5.41) is 9.31. The number of halogens is 1. The Morgan fingerprint density at radius 2 is 1.90 bits per heavy atom. The SMILES string of the molecule is CCC(Oc1ccccc1/C=C1/SC(=O)N(Cc2ccccc2Cl)C1=O)C(=O)O. The second-order valence-electron chi connectivity index (χ2n) is 6.25. The molecule has 2 aromatic carbocycles. The van der Waals surface area contributed by atoms with E-state index < -0.39 is 23.2 Å². The van der Waals surface area contributed by atoms with Gasteiger partial charge in [0.15, 0.2) is 6.10 Å². The molecule has 0 radical (unpaired) electrons. The van der Waals surface area contributed by atoms with Crippen LogP contribution in [0.5, 0.6) is 5.75 Å². The number of carboxylic acid groups (broad SMARTS) is 1. The normalized spacial score (nSPS) is 16.3. The molecule has 0 aliphatic carbocycles. The molecule has 0 spiro atoms. The number of aliphatic carboxylic acids is 1. The predicted molar refractivity (Wildman–Crippen MR) is 112 cm³/mol. The average molecular weight is 432 g/mol. The highest BCUT2D eigenvalue weighted by molar-refractivity contribution is 8.18. The van der Waals surface area contributed by atoms with Crippen LogP contribution in [-0.2, 0) is 16.1 Å². The summed E-state index contributed by atoms with van der Waals surface area (Å²) in [6, 6.07) is 13.8. The van der Waals surface area contributed by atoms with Gasteiger partial charge in [-0.25, -0.2) is 4.79 Å². The topological polar surface area (TPSA) is 83.9 Å². The number of carboxylic acids is 1. The third kappa shape index (κ3) is 4.81. The Balaban J connectivity index is 1.85. The van der Waals surface area contributed by atoms with E-state index in [0.29, 0.717) is 21.9 Å². The van der Waals surface area contributed by atoms with Crippen molar-refractivity contribution in [3.05, 3.63) is 69.6 Å². The lowest BCUT2D eigenvalue weighted by molar-refractivity contribution is -0.145. The van der Waals surface area contributed by atoms with Gasteiger partial charge in [0, 0.05) is 10.6 Å². The van der Waals surface area contributed by atoms with Gasteiger partial charge in [-0.3, -0.25) is 14.5 Å². The molecule has 150 valence electrons. The van der Waals surface area contributed by atoms with Crippen LogP contribution in [0.3, 0.4) is 0 Å². The minimum atomic E-state index is -1.07. The Morgan fingerprint density at radius 3 is 2.59 bits per heavy atom. The lowest BCUT2D eigenvalue weighted by Crippen LogP contribution is -2.27. The van der Waals surface area contributed by atoms with E-state index in [0.717, 1.165) is 16.7 Å². The van der Waals surface area contributed by atoms with Crippen LogP contribution < -0.4 is 4.74 Å². The molecule has 2 amide bonds. The van der Waals surface area contributed by atoms with Crippen LogP contribution in [0.1, 0.15) is 24.5 Å². The number of amides is 2. The molecule has 1 aliphatic heterocycles. The smallest absolute Gasteiger partial charge is 0.344 e. The van der Waals surface area contributed by atoms with E-state index in [1.165, 1.54) is 0 Å². The molecule has 0 aromatic heterocycles. The second kappa shape index (κ2) is 9.15. The standard InChI is InChI=1S/C21H18ClNO5S/c1-2-16(20(25)26)28-17-10-6-4-7-13(17)11-18-19(24)23(21(27)29-18)12-14-8-3-5-9-15(14)22/h3-11,16H,2,12H2,1H3,(H,25,26)/b18-11+. The molecule has 1 aliphatic rings. The average Bonchev–Trinajstić information content (AvgIpc) is 2.96. The minimum Gasteiger partial charge on any atom is -0.479 e. The van der Waals surface area contributed by atoms with E-state index in [1.54, 1.807) is 61.5 Å². The summed E-state index contributed by atoms with van der Waals surface area (Å²) in [7, 11) is 0. The molecule has 2 aromatic rings. The second-order valence-corrected chi connectivity index (χ2v) is 7.65. The highest BCUT2D eigenvalue weighted by Crippen LogP contribution is 2.35. The Bertz CT molecular complexity index is 991. The number of rotatable bonds is 7. The number of carbonyl (C=O) groups excluding carboxylic acids is 2. The number of carbonyl (C=O) groups is 3. The largest absolute Gasteiger partial charge is 0.479 e. The first-order valence-electron chi connectivity index (χ1n) is 8.88. The van der Waals surface area contributed by atoms with E-state index in [4.69, 9.17) is 16.3 Å². The van der Waals surface area contributed by atoms with Gasteiger partial charge in [-0.1, -0.05) is 54.9 Å². The number of hydrogen-bond donors (Lipinski definition) is 1. The number of imide groups is 1. The van der Waals surface area contributed by atoms with E-state index >= 15 is 0 Å². The molecule has 1 atom stereocenters. The Morgan fingerprint density at radius 1 is 1.21 bits per heavy atom. The number of ether oxygens (including phenoxy) is 1. The zero-order chi connectivity index (χ0) is 21.0. The molecule has 29 heavy (non-hydrogen) atoms. The third-order valence-electron chi connectivity index (χ3n) is 4.28. The van der Waals surface area contributed by atoms with Crippen molar-refractivity contribution in [2.24, 2.45) is 0 Å². The maximum Gasteiger partial charge on any atom is 0.344 e. The van der Waals surface area contributed by atoms with Gasteiger partial charge < -0.3 is 9.84 Å². The molecule has 1 heterocycles. The van der Waals surface area contributed by atoms with Crippen LogP contribution in [-0.4, -0.2) is 33.2 Å². The molecule has 1 fully saturated rings. The van der Waals surface area contributed by atoms with Crippen molar-refractivity contribution >= 4 is 46.6 Å². The molecule has 3 rings (SSSR count). The van der Waals surface area contributed by atoms with Crippen LogP contribution in [0, 0.1) is 0 Å². The van der Waals surface area contributed by atoms with Gasteiger partial charge in [0.05, 0.1) is 11.4 Å². The fraction of sp³-hybridized carbons (Fsp3) is 0.190. The van der Waals surface area contributed by atoms with Gasteiger partial charge in [-0.05, 0) is 42.0 Å². The van der Waals surface area contributed by atoms with Crippen LogP contribution in [0.15, 0.2) is 53.4 Å². The number of para-hydroxylation sites is 1. The van der Waals surface area contributed by atoms with Gasteiger partial charge in [0.1, 0.15) is 5.75 Å². The highest BCUT2D eigenvalue weighted by Gasteiger charge is 2.35. The van der Waals surface area contributed by atoms with Gasteiger partial charge in [-0.2, -0.15) is 0 Å². The molecule has 8 heteroatoms. The zero-order valence-electron chi connectivity index (χ0n) is 15.5. The van der Waals surface area contributed by atoms with E-state index in [1.807, 2.05) is 0 Å². The summed E-state index contributed by atoms with van der Waals surface area (Å²) >= 11 is 6.96. The molecule has 0 saturated carbocycles.